The van der Waals surface area contributed by atoms with Crippen molar-refractivity contribution >= 4 is 27.9 Å². The molecule has 1 aromatic rings. The fraction of sp³-hybridized carbons (Fsp3) is 0.429. The summed E-state index contributed by atoms with van der Waals surface area (Å²) >= 11 is 3.42. The number of carboxylic acid groups (broad SMARTS) is 1. The number of hydrogen-bond acceptors (Lipinski definition) is 2. The molecule has 0 bridgehead atoms. The van der Waals surface area contributed by atoms with Crippen LogP contribution in [0.4, 0.5) is 4.79 Å². The van der Waals surface area contributed by atoms with Gasteiger partial charge < -0.3 is 15.3 Å². The van der Waals surface area contributed by atoms with Gasteiger partial charge in [0.15, 0.2) is 0 Å². The number of carbonyl (C=O) groups is 2. The predicted octanol–water partition coefficient (Wildman–Crippen LogP) is 2.70. The lowest BCUT2D eigenvalue weighted by Crippen LogP contribution is -2.48. The van der Waals surface area contributed by atoms with E-state index in [2.05, 4.69) is 21.2 Å². The first-order valence-electron chi connectivity index (χ1n) is 6.30. The summed E-state index contributed by atoms with van der Waals surface area (Å²) in [6.07, 6.45) is 0. The van der Waals surface area contributed by atoms with Crippen molar-refractivity contribution in [3.05, 3.63) is 34.3 Å². The van der Waals surface area contributed by atoms with Crippen molar-refractivity contribution in [2.75, 3.05) is 7.05 Å². The van der Waals surface area contributed by atoms with Crippen molar-refractivity contribution in [1.82, 2.24) is 10.2 Å². The van der Waals surface area contributed by atoms with Crippen LogP contribution in [-0.4, -0.2) is 35.1 Å². The van der Waals surface area contributed by atoms with Gasteiger partial charge in [-0.2, -0.15) is 0 Å². The van der Waals surface area contributed by atoms with Crippen molar-refractivity contribution < 1.29 is 14.7 Å². The molecular weight excluding hydrogens is 324 g/mol. The van der Waals surface area contributed by atoms with Gasteiger partial charge in [0, 0.05) is 18.1 Å². The number of amides is 2. The molecule has 0 aliphatic heterocycles. The molecule has 0 spiro atoms. The predicted molar refractivity (Wildman–Crippen MR) is 80.4 cm³/mol. The summed E-state index contributed by atoms with van der Waals surface area (Å²) in [7, 11) is 1.63. The van der Waals surface area contributed by atoms with Crippen LogP contribution in [-0.2, 0) is 11.3 Å². The van der Waals surface area contributed by atoms with Gasteiger partial charge in [0.1, 0.15) is 6.04 Å². The van der Waals surface area contributed by atoms with E-state index in [0.29, 0.717) is 6.54 Å². The maximum absolute atomic E-state index is 12.0. The number of carboxylic acids is 1. The molecule has 1 atom stereocenters. The second kappa shape index (κ2) is 7.28. The minimum Gasteiger partial charge on any atom is -0.480 e. The van der Waals surface area contributed by atoms with Crippen LogP contribution in [0.25, 0.3) is 0 Å². The molecule has 2 amide bonds. The monoisotopic (exact) mass is 342 g/mol. The minimum atomic E-state index is -1.03. The molecule has 0 radical (unpaired) electrons. The molecule has 0 aliphatic rings. The van der Waals surface area contributed by atoms with Crippen LogP contribution in [0.1, 0.15) is 19.4 Å². The summed E-state index contributed by atoms with van der Waals surface area (Å²) in [5.41, 5.74) is 0.960. The number of benzene rings is 1. The highest BCUT2D eigenvalue weighted by Crippen LogP contribution is 2.17. The molecule has 0 aliphatic carbocycles. The molecule has 2 N–H and O–H groups in total. The Morgan fingerprint density at radius 2 is 1.95 bits per heavy atom. The van der Waals surface area contributed by atoms with Gasteiger partial charge in [0.2, 0.25) is 0 Å². The first-order valence-corrected chi connectivity index (χ1v) is 7.10. The molecule has 1 rings (SSSR count). The molecule has 110 valence electrons. The van der Waals surface area contributed by atoms with Crippen LogP contribution in [0.2, 0.25) is 0 Å². The van der Waals surface area contributed by atoms with Gasteiger partial charge in [0.05, 0.1) is 0 Å². The van der Waals surface area contributed by atoms with E-state index >= 15 is 0 Å². The summed E-state index contributed by atoms with van der Waals surface area (Å²) in [5, 5.41) is 11.6. The molecule has 0 heterocycles. The highest BCUT2D eigenvalue weighted by molar-refractivity contribution is 9.10. The third-order valence-corrected chi connectivity index (χ3v) is 3.70. The van der Waals surface area contributed by atoms with E-state index in [1.165, 1.54) is 4.90 Å². The smallest absolute Gasteiger partial charge is 0.326 e. The Balaban J connectivity index is 2.68. The lowest BCUT2D eigenvalue weighted by atomic mass is 10.1. The second-order valence-electron chi connectivity index (χ2n) is 4.96. The van der Waals surface area contributed by atoms with Gasteiger partial charge in [-0.3, -0.25) is 0 Å². The summed E-state index contributed by atoms with van der Waals surface area (Å²) in [4.78, 5) is 24.5. The third kappa shape index (κ3) is 4.52. The molecule has 20 heavy (non-hydrogen) atoms. The lowest BCUT2D eigenvalue weighted by Gasteiger charge is -2.23. The molecule has 1 aromatic carbocycles. The lowest BCUT2D eigenvalue weighted by molar-refractivity contribution is -0.140. The number of halogens is 1. The first-order chi connectivity index (χ1) is 9.32. The van der Waals surface area contributed by atoms with Crippen molar-refractivity contribution in [2.45, 2.75) is 26.4 Å². The summed E-state index contributed by atoms with van der Waals surface area (Å²) in [6.45, 7) is 3.91. The zero-order chi connectivity index (χ0) is 15.3. The topological polar surface area (TPSA) is 69.6 Å². The Morgan fingerprint density at radius 1 is 1.35 bits per heavy atom. The number of aliphatic carboxylic acids is 1. The van der Waals surface area contributed by atoms with E-state index in [0.717, 1.165) is 10.0 Å². The molecule has 0 saturated heterocycles. The normalized spacial score (nSPS) is 12.1. The van der Waals surface area contributed by atoms with Gasteiger partial charge in [-0.25, -0.2) is 9.59 Å². The fourth-order valence-electron chi connectivity index (χ4n) is 1.71. The maximum Gasteiger partial charge on any atom is 0.326 e. The van der Waals surface area contributed by atoms with Crippen LogP contribution < -0.4 is 5.32 Å². The molecule has 5 nitrogen and oxygen atoms in total. The van der Waals surface area contributed by atoms with Crippen LogP contribution >= 0.6 is 15.9 Å². The Morgan fingerprint density at radius 3 is 2.45 bits per heavy atom. The van der Waals surface area contributed by atoms with Gasteiger partial charge in [0.25, 0.3) is 0 Å². The van der Waals surface area contributed by atoms with Crippen LogP contribution in [0, 0.1) is 5.92 Å². The van der Waals surface area contributed by atoms with Crippen molar-refractivity contribution in [3.63, 3.8) is 0 Å². The molecule has 0 unspecified atom stereocenters. The van der Waals surface area contributed by atoms with Gasteiger partial charge in [-0.1, -0.05) is 48.0 Å². The van der Waals surface area contributed by atoms with E-state index in [9.17, 15) is 9.59 Å². The Kier molecular flexibility index (Phi) is 6.01. The highest BCUT2D eigenvalue weighted by Gasteiger charge is 2.24. The number of urea groups is 1. The number of hydrogen-bond donors (Lipinski definition) is 2. The summed E-state index contributed by atoms with van der Waals surface area (Å²) in [6, 6.07) is 6.30. The summed E-state index contributed by atoms with van der Waals surface area (Å²) in [5.74, 6) is -1.20. The fourth-order valence-corrected chi connectivity index (χ4v) is 2.12. The van der Waals surface area contributed by atoms with E-state index in [4.69, 9.17) is 5.11 Å². The minimum absolute atomic E-state index is 0.173. The average molecular weight is 343 g/mol. The van der Waals surface area contributed by atoms with Crippen molar-refractivity contribution in [2.24, 2.45) is 5.92 Å². The molecule has 0 aromatic heterocycles. The zero-order valence-electron chi connectivity index (χ0n) is 11.8. The Hall–Kier alpha value is -1.56. The number of rotatable bonds is 5. The highest BCUT2D eigenvalue weighted by atomic mass is 79.9. The van der Waals surface area contributed by atoms with Crippen LogP contribution in [0.3, 0.4) is 0 Å². The standard InChI is InChI=1S/C14H19BrN2O3/c1-9(2)12(13(18)19)16-14(20)17(3)8-10-6-4-5-7-11(10)15/h4-7,9,12H,8H2,1-3H3,(H,16,20)(H,18,19)/t12-/m1/s1. The Labute approximate surface area is 127 Å². The number of nitrogens with one attached hydrogen (secondary N) is 1. The van der Waals surface area contributed by atoms with Gasteiger partial charge in [-0.05, 0) is 17.5 Å². The van der Waals surface area contributed by atoms with E-state index in [1.54, 1.807) is 20.9 Å². The molecule has 0 fully saturated rings. The van der Waals surface area contributed by atoms with E-state index in [-0.39, 0.29) is 5.92 Å². The van der Waals surface area contributed by atoms with Crippen molar-refractivity contribution in [1.29, 1.82) is 0 Å². The average Bonchev–Trinajstić information content (AvgIpc) is 2.37. The van der Waals surface area contributed by atoms with E-state index < -0.39 is 18.0 Å². The number of carbonyl (C=O) groups excluding carboxylic acids is 1. The molecular formula is C14H19BrN2O3. The van der Waals surface area contributed by atoms with Crippen LogP contribution in [0.15, 0.2) is 28.7 Å². The van der Waals surface area contributed by atoms with Gasteiger partial charge in [-0.15, -0.1) is 0 Å². The molecule has 6 heteroatoms. The summed E-state index contributed by atoms with van der Waals surface area (Å²) < 4.78 is 0.915. The third-order valence-electron chi connectivity index (χ3n) is 2.92. The Bertz CT molecular complexity index is 491. The molecule has 0 saturated carbocycles. The largest absolute Gasteiger partial charge is 0.480 e. The quantitative estimate of drug-likeness (QED) is 0.864. The van der Waals surface area contributed by atoms with E-state index in [1.807, 2.05) is 24.3 Å². The number of nitrogens with zero attached hydrogens (tertiary/aromatic N) is 1. The first kappa shape index (κ1) is 16.5. The zero-order valence-corrected chi connectivity index (χ0v) is 13.3. The SMILES string of the molecule is CC(C)[C@@H](NC(=O)N(C)Cc1ccccc1Br)C(=O)O. The van der Waals surface area contributed by atoms with Crippen LogP contribution in [0.5, 0.6) is 0 Å². The van der Waals surface area contributed by atoms with Crippen molar-refractivity contribution in [3.8, 4) is 0 Å². The van der Waals surface area contributed by atoms with Gasteiger partial charge >= 0.3 is 12.0 Å². The maximum atomic E-state index is 12.0. The second-order valence-corrected chi connectivity index (χ2v) is 5.81.